The minimum absolute atomic E-state index is 0.254. The Morgan fingerprint density at radius 3 is 2.61 bits per heavy atom. The Morgan fingerprint density at radius 2 is 1.86 bits per heavy atom. The zero-order chi connectivity index (χ0) is 19.7. The summed E-state index contributed by atoms with van der Waals surface area (Å²) in [6.07, 6.45) is 1.64. The standard InChI is InChI=1S/C22H17BrN2O3/c1-25-21(26)19(24-22(25)27)12-14-9-10-20(18(23)11-14)28-13-16-7-4-6-15-5-2-3-8-17(15)16/h2-12H,13H2,1H3,(H,24,27)/b19-12+. The van der Waals surface area contributed by atoms with Crippen molar-refractivity contribution in [2.75, 3.05) is 7.05 Å². The van der Waals surface area contributed by atoms with Crippen LogP contribution in [0.15, 0.2) is 70.8 Å². The Labute approximate surface area is 170 Å². The van der Waals surface area contributed by atoms with Gasteiger partial charge in [-0.2, -0.15) is 0 Å². The lowest BCUT2D eigenvalue weighted by atomic mass is 10.1. The molecule has 5 nitrogen and oxygen atoms in total. The summed E-state index contributed by atoms with van der Waals surface area (Å²) in [7, 11) is 1.44. The van der Waals surface area contributed by atoms with E-state index in [1.807, 2.05) is 36.4 Å². The number of hydrogen-bond donors (Lipinski definition) is 1. The highest BCUT2D eigenvalue weighted by Crippen LogP contribution is 2.29. The largest absolute Gasteiger partial charge is 0.488 e. The lowest BCUT2D eigenvalue weighted by molar-refractivity contribution is -0.121. The molecule has 0 aliphatic carbocycles. The molecule has 1 saturated heterocycles. The van der Waals surface area contributed by atoms with Gasteiger partial charge in [0.05, 0.1) is 4.47 Å². The van der Waals surface area contributed by atoms with E-state index < -0.39 is 6.03 Å². The highest BCUT2D eigenvalue weighted by atomic mass is 79.9. The number of nitrogens with one attached hydrogen (secondary N) is 1. The highest BCUT2D eigenvalue weighted by molar-refractivity contribution is 9.10. The number of ether oxygens (including phenoxy) is 1. The molecule has 1 heterocycles. The van der Waals surface area contributed by atoms with Crippen molar-refractivity contribution >= 4 is 44.7 Å². The quantitative estimate of drug-likeness (QED) is 0.476. The number of amides is 3. The summed E-state index contributed by atoms with van der Waals surface area (Å²) in [4.78, 5) is 24.6. The van der Waals surface area contributed by atoms with Crippen LogP contribution in [0.2, 0.25) is 0 Å². The van der Waals surface area contributed by atoms with E-state index in [0.29, 0.717) is 12.4 Å². The molecule has 3 aromatic rings. The summed E-state index contributed by atoms with van der Waals surface area (Å²) in [6.45, 7) is 0.444. The third kappa shape index (κ3) is 3.51. The van der Waals surface area contributed by atoms with Crippen LogP contribution in [0.4, 0.5) is 4.79 Å². The summed E-state index contributed by atoms with van der Waals surface area (Å²) in [5, 5.41) is 4.90. The molecular weight excluding hydrogens is 420 g/mol. The fourth-order valence-corrected chi connectivity index (χ4v) is 3.60. The van der Waals surface area contributed by atoms with E-state index in [2.05, 4.69) is 45.5 Å². The maximum Gasteiger partial charge on any atom is 0.328 e. The van der Waals surface area contributed by atoms with Crippen molar-refractivity contribution in [1.82, 2.24) is 10.2 Å². The van der Waals surface area contributed by atoms with Crippen LogP contribution < -0.4 is 10.1 Å². The number of imide groups is 1. The van der Waals surface area contributed by atoms with Gasteiger partial charge in [-0.15, -0.1) is 0 Å². The summed E-state index contributed by atoms with van der Waals surface area (Å²) in [5.41, 5.74) is 2.14. The Morgan fingerprint density at radius 1 is 1.07 bits per heavy atom. The molecule has 0 aromatic heterocycles. The van der Waals surface area contributed by atoms with Crippen LogP contribution in [-0.4, -0.2) is 23.9 Å². The van der Waals surface area contributed by atoms with E-state index in [4.69, 9.17) is 4.74 Å². The van der Waals surface area contributed by atoms with Gasteiger partial charge in [0.1, 0.15) is 18.1 Å². The maximum atomic E-state index is 12.0. The van der Waals surface area contributed by atoms with Gasteiger partial charge in [0.2, 0.25) is 0 Å². The first-order valence-electron chi connectivity index (χ1n) is 8.72. The van der Waals surface area contributed by atoms with Gasteiger partial charge in [0.15, 0.2) is 0 Å². The number of carbonyl (C=O) groups excluding carboxylic acids is 2. The van der Waals surface area contributed by atoms with E-state index in [0.717, 1.165) is 20.5 Å². The summed E-state index contributed by atoms with van der Waals surface area (Å²) < 4.78 is 6.77. The van der Waals surface area contributed by atoms with Gasteiger partial charge in [-0.3, -0.25) is 9.69 Å². The first-order valence-corrected chi connectivity index (χ1v) is 9.52. The highest BCUT2D eigenvalue weighted by Gasteiger charge is 2.29. The molecule has 0 unspecified atom stereocenters. The molecule has 28 heavy (non-hydrogen) atoms. The van der Waals surface area contributed by atoms with Gasteiger partial charge in [-0.25, -0.2) is 4.79 Å². The maximum absolute atomic E-state index is 12.0. The molecule has 0 radical (unpaired) electrons. The number of benzene rings is 3. The number of likely N-dealkylation sites (N-methyl/N-ethyl adjacent to an activating group) is 1. The van der Waals surface area contributed by atoms with Crippen LogP contribution in [0.25, 0.3) is 16.8 Å². The summed E-state index contributed by atoms with van der Waals surface area (Å²) >= 11 is 3.52. The molecule has 3 amide bonds. The first-order chi connectivity index (χ1) is 13.5. The monoisotopic (exact) mass is 436 g/mol. The molecule has 0 spiro atoms. The molecule has 0 bridgehead atoms. The molecule has 0 saturated carbocycles. The van der Waals surface area contributed by atoms with E-state index >= 15 is 0 Å². The number of urea groups is 1. The fraction of sp³-hybridized carbons (Fsp3) is 0.0909. The normalized spacial score (nSPS) is 15.4. The van der Waals surface area contributed by atoms with Gasteiger partial charge in [0.25, 0.3) is 5.91 Å². The number of hydrogen-bond acceptors (Lipinski definition) is 3. The van der Waals surface area contributed by atoms with Gasteiger partial charge in [0, 0.05) is 7.05 Å². The number of nitrogens with zero attached hydrogens (tertiary/aromatic N) is 1. The number of carbonyl (C=O) groups is 2. The zero-order valence-corrected chi connectivity index (χ0v) is 16.7. The molecular formula is C22H17BrN2O3. The smallest absolute Gasteiger partial charge is 0.328 e. The molecule has 0 atom stereocenters. The predicted molar refractivity (Wildman–Crippen MR) is 112 cm³/mol. The van der Waals surface area contributed by atoms with Gasteiger partial charge >= 0.3 is 6.03 Å². The SMILES string of the molecule is CN1C(=O)N/C(=C/c2ccc(OCc3cccc4ccccc34)c(Br)c2)C1=O. The fourth-order valence-electron chi connectivity index (χ4n) is 3.09. The molecule has 3 aromatic carbocycles. The van der Waals surface area contributed by atoms with Gasteiger partial charge in [-0.05, 0) is 56.0 Å². The van der Waals surface area contributed by atoms with Crippen molar-refractivity contribution in [3.8, 4) is 5.75 Å². The Bertz CT molecular complexity index is 1120. The van der Waals surface area contributed by atoms with Crippen molar-refractivity contribution in [3.63, 3.8) is 0 Å². The minimum atomic E-state index is -0.426. The predicted octanol–water partition coefficient (Wildman–Crippen LogP) is 4.70. The van der Waals surface area contributed by atoms with Crippen molar-refractivity contribution in [3.05, 3.63) is 82.0 Å². The van der Waals surface area contributed by atoms with Gasteiger partial charge in [-0.1, -0.05) is 48.5 Å². The second-order valence-electron chi connectivity index (χ2n) is 6.47. The van der Waals surface area contributed by atoms with E-state index in [-0.39, 0.29) is 11.6 Å². The molecule has 4 rings (SSSR count). The topological polar surface area (TPSA) is 58.6 Å². The zero-order valence-electron chi connectivity index (χ0n) is 15.1. The minimum Gasteiger partial charge on any atom is -0.488 e. The van der Waals surface area contributed by atoms with Crippen molar-refractivity contribution in [2.45, 2.75) is 6.61 Å². The average molecular weight is 437 g/mol. The lowest BCUT2D eigenvalue weighted by Gasteiger charge is -2.11. The number of halogens is 1. The van der Waals surface area contributed by atoms with E-state index in [1.165, 1.54) is 17.8 Å². The van der Waals surface area contributed by atoms with E-state index in [1.54, 1.807) is 6.08 Å². The van der Waals surface area contributed by atoms with Gasteiger partial charge < -0.3 is 10.1 Å². The van der Waals surface area contributed by atoms with Crippen molar-refractivity contribution in [1.29, 1.82) is 0 Å². The molecule has 1 aliphatic heterocycles. The second kappa shape index (κ2) is 7.48. The third-order valence-corrected chi connectivity index (χ3v) is 5.23. The van der Waals surface area contributed by atoms with Crippen LogP contribution in [0.5, 0.6) is 5.75 Å². The number of rotatable bonds is 4. The van der Waals surface area contributed by atoms with Crippen LogP contribution in [0, 0.1) is 0 Å². The lowest BCUT2D eigenvalue weighted by Crippen LogP contribution is -2.25. The molecule has 1 fully saturated rings. The Hall–Kier alpha value is -3.12. The Balaban J connectivity index is 1.52. The van der Waals surface area contributed by atoms with Crippen LogP contribution in [-0.2, 0) is 11.4 Å². The summed E-state index contributed by atoms with van der Waals surface area (Å²) in [5.74, 6) is 0.353. The average Bonchev–Trinajstić information content (AvgIpc) is 2.94. The van der Waals surface area contributed by atoms with Crippen LogP contribution >= 0.6 is 15.9 Å². The molecule has 1 aliphatic rings. The Kier molecular flexibility index (Phi) is 4.88. The van der Waals surface area contributed by atoms with Crippen LogP contribution in [0.1, 0.15) is 11.1 Å². The molecule has 6 heteroatoms. The molecule has 140 valence electrons. The van der Waals surface area contributed by atoms with E-state index in [9.17, 15) is 9.59 Å². The number of fused-ring (bicyclic) bond motifs is 1. The first kappa shape index (κ1) is 18.3. The van der Waals surface area contributed by atoms with Crippen molar-refractivity contribution in [2.24, 2.45) is 0 Å². The second-order valence-corrected chi connectivity index (χ2v) is 7.32. The third-order valence-electron chi connectivity index (χ3n) is 4.61. The van der Waals surface area contributed by atoms with Crippen LogP contribution in [0.3, 0.4) is 0 Å². The molecule has 1 N–H and O–H groups in total. The van der Waals surface area contributed by atoms with Crippen molar-refractivity contribution < 1.29 is 14.3 Å². The summed E-state index contributed by atoms with van der Waals surface area (Å²) in [6, 6.07) is 19.5.